The van der Waals surface area contributed by atoms with Crippen LogP contribution >= 0.6 is 0 Å². The summed E-state index contributed by atoms with van der Waals surface area (Å²) in [4.78, 5) is 15.1. The number of amides is 1. The summed E-state index contributed by atoms with van der Waals surface area (Å²) in [5, 5.41) is 8.64. The third-order valence-corrected chi connectivity index (χ3v) is 2.45. The minimum absolute atomic E-state index is 0.187. The van der Waals surface area contributed by atoms with Crippen molar-refractivity contribution in [1.29, 1.82) is 5.26 Å². The maximum Gasteiger partial charge on any atom is 0.222 e. The van der Waals surface area contributed by atoms with E-state index in [4.69, 9.17) is 5.26 Å². The SMILES string of the molecule is C=C(C#N)N1CCN(C(=O)CC)CC1. The van der Waals surface area contributed by atoms with Crippen LogP contribution in [0.5, 0.6) is 0 Å². The van der Waals surface area contributed by atoms with Gasteiger partial charge < -0.3 is 9.80 Å². The predicted molar refractivity (Wildman–Crippen MR) is 53.2 cm³/mol. The highest BCUT2D eigenvalue weighted by Gasteiger charge is 2.20. The molecule has 14 heavy (non-hydrogen) atoms. The monoisotopic (exact) mass is 193 g/mol. The molecule has 76 valence electrons. The van der Waals surface area contributed by atoms with Crippen molar-refractivity contribution in [3.63, 3.8) is 0 Å². The van der Waals surface area contributed by atoms with Crippen LogP contribution in [0.3, 0.4) is 0 Å². The summed E-state index contributed by atoms with van der Waals surface area (Å²) in [7, 11) is 0. The van der Waals surface area contributed by atoms with Gasteiger partial charge in [-0.05, 0) is 0 Å². The van der Waals surface area contributed by atoms with Gasteiger partial charge in [0.25, 0.3) is 0 Å². The molecule has 0 aromatic carbocycles. The summed E-state index contributed by atoms with van der Waals surface area (Å²) in [5.41, 5.74) is 0.494. The van der Waals surface area contributed by atoms with E-state index in [-0.39, 0.29) is 5.91 Å². The van der Waals surface area contributed by atoms with E-state index in [1.54, 1.807) is 0 Å². The zero-order valence-electron chi connectivity index (χ0n) is 8.49. The highest BCUT2D eigenvalue weighted by molar-refractivity contribution is 5.75. The average molecular weight is 193 g/mol. The van der Waals surface area contributed by atoms with Crippen LogP contribution < -0.4 is 0 Å². The lowest BCUT2D eigenvalue weighted by molar-refractivity contribution is -0.132. The van der Waals surface area contributed by atoms with Crippen molar-refractivity contribution in [2.75, 3.05) is 26.2 Å². The lowest BCUT2D eigenvalue weighted by atomic mass is 10.2. The van der Waals surface area contributed by atoms with Crippen molar-refractivity contribution in [3.05, 3.63) is 12.3 Å². The normalized spacial score (nSPS) is 16.3. The highest BCUT2D eigenvalue weighted by atomic mass is 16.2. The first-order valence-corrected chi connectivity index (χ1v) is 4.80. The van der Waals surface area contributed by atoms with Gasteiger partial charge >= 0.3 is 0 Å². The van der Waals surface area contributed by atoms with Crippen molar-refractivity contribution in [3.8, 4) is 6.07 Å². The smallest absolute Gasteiger partial charge is 0.222 e. The molecule has 0 N–H and O–H groups in total. The second-order valence-electron chi connectivity index (χ2n) is 3.28. The Balaban J connectivity index is 2.43. The number of piperazine rings is 1. The number of hydrogen-bond donors (Lipinski definition) is 0. The minimum atomic E-state index is 0.187. The molecule has 1 amide bonds. The Morgan fingerprint density at radius 2 is 1.86 bits per heavy atom. The highest BCUT2D eigenvalue weighted by Crippen LogP contribution is 2.07. The topological polar surface area (TPSA) is 47.3 Å². The van der Waals surface area contributed by atoms with Crippen molar-refractivity contribution < 1.29 is 4.79 Å². The van der Waals surface area contributed by atoms with Crippen molar-refractivity contribution in [2.24, 2.45) is 0 Å². The molecule has 4 nitrogen and oxygen atoms in total. The molecule has 0 aliphatic carbocycles. The molecule has 0 radical (unpaired) electrons. The Labute approximate surface area is 84.4 Å². The second-order valence-corrected chi connectivity index (χ2v) is 3.28. The third-order valence-electron chi connectivity index (χ3n) is 2.45. The van der Waals surface area contributed by atoms with Crippen LogP contribution in [0.25, 0.3) is 0 Å². The van der Waals surface area contributed by atoms with Crippen LogP contribution in [0.4, 0.5) is 0 Å². The Morgan fingerprint density at radius 1 is 1.36 bits per heavy atom. The quantitative estimate of drug-likeness (QED) is 0.603. The zero-order valence-corrected chi connectivity index (χ0v) is 8.49. The molecule has 0 unspecified atom stereocenters. The van der Waals surface area contributed by atoms with E-state index in [2.05, 4.69) is 6.58 Å². The molecule has 1 aliphatic heterocycles. The number of carbonyl (C=O) groups is 1. The molecule has 1 heterocycles. The first-order chi connectivity index (χ1) is 6.69. The van der Waals surface area contributed by atoms with Crippen LogP contribution in [0, 0.1) is 11.3 Å². The maximum absolute atomic E-state index is 11.3. The van der Waals surface area contributed by atoms with Gasteiger partial charge in [-0.2, -0.15) is 5.26 Å². The van der Waals surface area contributed by atoms with Crippen LogP contribution in [0.15, 0.2) is 12.3 Å². The number of rotatable bonds is 2. The average Bonchev–Trinajstić information content (AvgIpc) is 2.27. The molecule has 0 aromatic heterocycles. The fourth-order valence-corrected chi connectivity index (χ4v) is 1.52. The van der Waals surface area contributed by atoms with Gasteiger partial charge in [0.05, 0.1) is 0 Å². The summed E-state index contributed by atoms with van der Waals surface area (Å²) >= 11 is 0. The van der Waals surface area contributed by atoms with Crippen molar-refractivity contribution >= 4 is 5.91 Å². The molecular formula is C10H15N3O. The number of nitriles is 1. The van der Waals surface area contributed by atoms with Gasteiger partial charge in [0.1, 0.15) is 11.8 Å². The van der Waals surface area contributed by atoms with E-state index in [0.717, 1.165) is 13.1 Å². The Bertz CT molecular complexity index is 272. The first-order valence-electron chi connectivity index (χ1n) is 4.80. The Hall–Kier alpha value is -1.50. The van der Waals surface area contributed by atoms with Gasteiger partial charge in [0.2, 0.25) is 5.91 Å². The molecule has 1 fully saturated rings. The maximum atomic E-state index is 11.3. The van der Waals surface area contributed by atoms with Gasteiger partial charge in [0, 0.05) is 32.6 Å². The zero-order chi connectivity index (χ0) is 10.6. The van der Waals surface area contributed by atoms with Gasteiger partial charge in [-0.1, -0.05) is 13.5 Å². The van der Waals surface area contributed by atoms with Crippen molar-refractivity contribution in [2.45, 2.75) is 13.3 Å². The van der Waals surface area contributed by atoms with Crippen LogP contribution in [0.2, 0.25) is 0 Å². The molecule has 1 rings (SSSR count). The number of allylic oxidation sites excluding steroid dienone is 1. The van der Waals surface area contributed by atoms with Crippen LogP contribution in [0.1, 0.15) is 13.3 Å². The molecule has 0 bridgehead atoms. The summed E-state index contributed by atoms with van der Waals surface area (Å²) < 4.78 is 0. The lowest BCUT2D eigenvalue weighted by Gasteiger charge is -2.35. The molecule has 0 spiro atoms. The predicted octanol–water partition coefficient (Wildman–Crippen LogP) is 0.578. The Morgan fingerprint density at radius 3 is 2.29 bits per heavy atom. The molecular weight excluding hydrogens is 178 g/mol. The number of nitrogens with zero attached hydrogens (tertiary/aromatic N) is 3. The molecule has 0 aromatic rings. The molecule has 1 aliphatic rings. The van der Waals surface area contributed by atoms with E-state index >= 15 is 0 Å². The summed E-state index contributed by atoms with van der Waals surface area (Å²) in [5.74, 6) is 0.187. The number of hydrogen-bond acceptors (Lipinski definition) is 3. The summed E-state index contributed by atoms with van der Waals surface area (Å²) in [6.07, 6.45) is 0.555. The van der Waals surface area contributed by atoms with E-state index < -0.39 is 0 Å². The largest absolute Gasteiger partial charge is 0.360 e. The van der Waals surface area contributed by atoms with E-state index in [1.807, 2.05) is 22.8 Å². The van der Waals surface area contributed by atoms with Gasteiger partial charge in [0.15, 0.2) is 0 Å². The number of carbonyl (C=O) groups excluding carboxylic acids is 1. The fraction of sp³-hybridized carbons (Fsp3) is 0.600. The molecule has 0 saturated carbocycles. The standard InChI is InChI=1S/C10H15N3O/c1-3-10(14)13-6-4-12(5-7-13)9(2)8-11/h2-7H2,1H3. The lowest BCUT2D eigenvalue weighted by Crippen LogP contribution is -2.47. The molecule has 0 atom stereocenters. The second kappa shape index (κ2) is 4.66. The molecule has 1 saturated heterocycles. The Kier molecular flexibility index (Phi) is 3.52. The van der Waals surface area contributed by atoms with Gasteiger partial charge in [-0.3, -0.25) is 4.79 Å². The van der Waals surface area contributed by atoms with E-state index in [9.17, 15) is 4.79 Å². The summed E-state index contributed by atoms with van der Waals surface area (Å²) in [6, 6.07) is 2.02. The van der Waals surface area contributed by atoms with Crippen LogP contribution in [-0.4, -0.2) is 41.9 Å². The minimum Gasteiger partial charge on any atom is -0.360 e. The van der Waals surface area contributed by atoms with E-state index in [0.29, 0.717) is 25.2 Å². The van der Waals surface area contributed by atoms with Gasteiger partial charge in [-0.15, -0.1) is 0 Å². The van der Waals surface area contributed by atoms with Gasteiger partial charge in [-0.25, -0.2) is 0 Å². The van der Waals surface area contributed by atoms with E-state index in [1.165, 1.54) is 0 Å². The summed E-state index contributed by atoms with van der Waals surface area (Å²) in [6.45, 7) is 8.36. The third kappa shape index (κ3) is 2.25. The van der Waals surface area contributed by atoms with Crippen molar-refractivity contribution in [1.82, 2.24) is 9.80 Å². The first kappa shape index (κ1) is 10.6. The van der Waals surface area contributed by atoms with Crippen LogP contribution in [-0.2, 0) is 4.79 Å². The molecule has 4 heteroatoms. The fourth-order valence-electron chi connectivity index (χ4n) is 1.52.